The van der Waals surface area contributed by atoms with Crippen LogP contribution in [0.25, 0.3) is 4.85 Å². The van der Waals surface area contributed by atoms with Crippen molar-refractivity contribution >= 4 is 17.3 Å². The van der Waals surface area contributed by atoms with Crippen LogP contribution in [0.2, 0.25) is 0 Å². The average Bonchev–Trinajstić information content (AvgIpc) is 2.82. The van der Waals surface area contributed by atoms with Crippen LogP contribution in [0.4, 0.5) is 0 Å². The molecule has 0 spiro atoms. The van der Waals surface area contributed by atoms with Crippen molar-refractivity contribution in [2.45, 2.75) is 86.5 Å². The second kappa shape index (κ2) is 8.22. The molecular formula is C32H43NO4. The van der Waals surface area contributed by atoms with E-state index in [4.69, 9.17) is 11.3 Å². The third kappa shape index (κ3) is 3.33. The monoisotopic (exact) mass is 505 g/mol. The zero-order valence-corrected chi connectivity index (χ0v) is 23.7. The van der Waals surface area contributed by atoms with Gasteiger partial charge in [0, 0.05) is 29.8 Å². The molecule has 8 atom stereocenters. The first-order valence-corrected chi connectivity index (χ1v) is 14.1. The lowest BCUT2D eigenvalue weighted by Gasteiger charge is -2.68. The first-order chi connectivity index (χ1) is 17.2. The Hall–Kier alpha value is -2.06. The minimum atomic E-state index is -0.490. The van der Waals surface area contributed by atoms with Crippen LogP contribution in [0.1, 0.15) is 86.5 Å². The van der Waals surface area contributed by atoms with Crippen molar-refractivity contribution in [2.24, 2.45) is 50.7 Å². The van der Waals surface area contributed by atoms with E-state index in [1.54, 1.807) is 7.11 Å². The third-order valence-corrected chi connectivity index (χ3v) is 12.3. The number of hydrogen-bond donors (Lipinski definition) is 0. The second-order valence-corrected chi connectivity index (χ2v) is 14.4. The van der Waals surface area contributed by atoms with E-state index in [2.05, 4.69) is 39.5 Å². The maximum atomic E-state index is 14.4. The molecule has 0 aromatic carbocycles. The highest BCUT2D eigenvalue weighted by atomic mass is 16.5. The van der Waals surface area contributed by atoms with E-state index < -0.39 is 10.8 Å². The summed E-state index contributed by atoms with van der Waals surface area (Å²) in [5, 5.41) is 0. The van der Waals surface area contributed by atoms with Crippen LogP contribution in [-0.2, 0) is 19.1 Å². The van der Waals surface area contributed by atoms with Gasteiger partial charge in [0.25, 0.3) is 0 Å². The summed E-state index contributed by atoms with van der Waals surface area (Å²) in [4.78, 5) is 44.6. The number of allylic oxidation sites excluding steroid dienone is 4. The summed E-state index contributed by atoms with van der Waals surface area (Å²) in [6, 6.07) is 0. The van der Waals surface area contributed by atoms with Gasteiger partial charge in [0.2, 0.25) is 5.70 Å². The first-order valence-electron chi connectivity index (χ1n) is 14.1. The predicted molar refractivity (Wildman–Crippen MR) is 142 cm³/mol. The van der Waals surface area contributed by atoms with Gasteiger partial charge in [0.15, 0.2) is 17.3 Å². The maximum absolute atomic E-state index is 14.4. The minimum Gasteiger partial charge on any atom is -0.377 e. The normalized spacial score (nSPS) is 46.3. The molecule has 3 fully saturated rings. The smallest absolute Gasteiger partial charge is 0.226 e. The van der Waals surface area contributed by atoms with E-state index in [0.29, 0.717) is 0 Å². The summed E-state index contributed by atoms with van der Waals surface area (Å²) in [6.07, 6.45) is 9.97. The molecule has 0 aromatic heterocycles. The fraction of sp³-hybridized carbons (Fsp3) is 0.750. The van der Waals surface area contributed by atoms with Gasteiger partial charge in [0.05, 0.1) is 6.57 Å². The van der Waals surface area contributed by atoms with Crippen molar-refractivity contribution in [1.29, 1.82) is 0 Å². The number of Topliss-reactive ketones (excluding diaryl/α,β-unsaturated/α-hetero) is 2. The van der Waals surface area contributed by atoms with Crippen molar-refractivity contribution in [2.75, 3.05) is 13.7 Å². The van der Waals surface area contributed by atoms with E-state index in [-0.39, 0.29) is 69.6 Å². The molecule has 5 nitrogen and oxygen atoms in total. The van der Waals surface area contributed by atoms with Crippen molar-refractivity contribution in [3.05, 3.63) is 34.8 Å². The molecule has 0 N–H and O–H groups in total. The Morgan fingerprint density at radius 1 is 1.05 bits per heavy atom. The number of carbonyl (C=O) groups excluding carboxylic acids is 3. The van der Waals surface area contributed by atoms with Gasteiger partial charge < -0.3 is 9.53 Å². The highest BCUT2D eigenvalue weighted by Crippen LogP contribution is 2.73. The van der Waals surface area contributed by atoms with Crippen LogP contribution < -0.4 is 0 Å². The Morgan fingerprint density at radius 2 is 1.73 bits per heavy atom. The SMILES string of the molecule is [C-]#[N+]C1=C[C@]2(C)C3=CC(=O)[C@@H]4[C@@H]5CC(C)(C)CC[C@]5(C(=O)COC)CC[C@@]4(C)[C@]3(C)CC[C@H]2[C@H](C)C1=O. The first kappa shape index (κ1) is 26.5. The standard InChI is InChI=1S/C32H43NO4/c1-19-20-9-10-30(5)24(29(20,4)17-22(33-7)27(19)36)15-23(34)26-21-16-28(2,3)11-13-32(21,25(35)18-37-8)14-12-31(26,30)6/h15,17,19-21,26H,9-14,16,18H2,1-6,8H3/t19-,20-,21-,26-,29-,30+,31+,32-/m0/s1. The molecule has 0 heterocycles. The topological polar surface area (TPSA) is 64.8 Å². The lowest BCUT2D eigenvalue weighted by molar-refractivity contribution is -0.178. The van der Waals surface area contributed by atoms with Crippen LogP contribution in [0.3, 0.4) is 0 Å². The summed E-state index contributed by atoms with van der Waals surface area (Å²) in [6.45, 7) is 21.1. The van der Waals surface area contributed by atoms with Crippen molar-refractivity contribution < 1.29 is 19.1 Å². The van der Waals surface area contributed by atoms with Crippen LogP contribution >= 0.6 is 0 Å². The molecule has 37 heavy (non-hydrogen) atoms. The summed E-state index contributed by atoms with van der Waals surface area (Å²) >= 11 is 0. The number of methoxy groups -OCH3 is 1. The van der Waals surface area contributed by atoms with Gasteiger partial charge in [-0.25, -0.2) is 4.85 Å². The fourth-order valence-corrected chi connectivity index (χ4v) is 9.99. The molecule has 5 heteroatoms. The van der Waals surface area contributed by atoms with Gasteiger partial charge in [-0.15, -0.1) is 0 Å². The third-order valence-electron chi connectivity index (χ3n) is 12.3. The molecule has 0 radical (unpaired) electrons. The predicted octanol–water partition coefficient (Wildman–Crippen LogP) is 6.38. The van der Waals surface area contributed by atoms with Crippen LogP contribution in [0.5, 0.6) is 0 Å². The molecule has 5 aliphatic carbocycles. The average molecular weight is 506 g/mol. The molecule has 0 bridgehead atoms. The van der Waals surface area contributed by atoms with E-state index in [0.717, 1.165) is 50.5 Å². The summed E-state index contributed by atoms with van der Waals surface area (Å²) < 4.78 is 5.35. The Morgan fingerprint density at radius 3 is 2.38 bits per heavy atom. The Bertz CT molecular complexity index is 1170. The van der Waals surface area contributed by atoms with E-state index >= 15 is 0 Å². The zero-order valence-electron chi connectivity index (χ0n) is 23.7. The van der Waals surface area contributed by atoms with Crippen LogP contribution in [0.15, 0.2) is 23.4 Å². The van der Waals surface area contributed by atoms with Crippen LogP contribution in [-0.4, -0.2) is 31.1 Å². The summed E-state index contributed by atoms with van der Waals surface area (Å²) in [7, 11) is 1.59. The Balaban J connectivity index is 1.68. The van der Waals surface area contributed by atoms with Gasteiger partial charge in [-0.05, 0) is 79.1 Å². The van der Waals surface area contributed by atoms with Gasteiger partial charge in [0.1, 0.15) is 6.61 Å². The van der Waals surface area contributed by atoms with Crippen LogP contribution in [0, 0.1) is 57.3 Å². The maximum Gasteiger partial charge on any atom is 0.226 e. The van der Waals surface area contributed by atoms with Crippen molar-refractivity contribution in [3.8, 4) is 0 Å². The number of hydrogen-bond acceptors (Lipinski definition) is 4. The van der Waals surface area contributed by atoms with E-state index in [1.165, 1.54) is 0 Å². The highest BCUT2D eigenvalue weighted by Gasteiger charge is 2.69. The lowest BCUT2D eigenvalue weighted by atomic mass is 9.34. The highest BCUT2D eigenvalue weighted by molar-refractivity contribution is 6.01. The Kier molecular flexibility index (Phi) is 5.90. The molecule has 5 rings (SSSR count). The van der Waals surface area contributed by atoms with Gasteiger partial charge in [-0.1, -0.05) is 53.2 Å². The number of rotatable bonds is 3. The largest absolute Gasteiger partial charge is 0.377 e. The number of carbonyl (C=O) groups is 3. The molecule has 0 aliphatic heterocycles. The molecule has 5 aliphatic rings. The van der Waals surface area contributed by atoms with Gasteiger partial charge >= 0.3 is 0 Å². The number of ketones is 3. The Labute approximate surface area is 222 Å². The molecule has 0 unspecified atom stereocenters. The number of ether oxygens (including phenoxy) is 1. The molecule has 200 valence electrons. The fourth-order valence-electron chi connectivity index (χ4n) is 9.99. The molecule has 0 saturated heterocycles. The van der Waals surface area contributed by atoms with E-state index in [1.807, 2.05) is 19.1 Å². The second-order valence-electron chi connectivity index (χ2n) is 14.4. The number of nitrogens with zero attached hydrogens (tertiary/aromatic N) is 1. The molecule has 0 amide bonds. The van der Waals surface area contributed by atoms with Gasteiger partial charge in [-0.3, -0.25) is 9.59 Å². The molecule has 0 aromatic rings. The quantitative estimate of drug-likeness (QED) is 0.417. The van der Waals surface area contributed by atoms with Crippen molar-refractivity contribution in [1.82, 2.24) is 0 Å². The minimum absolute atomic E-state index is 0.00602. The van der Waals surface area contributed by atoms with Crippen molar-refractivity contribution in [3.63, 3.8) is 0 Å². The summed E-state index contributed by atoms with van der Waals surface area (Å²) in [5.41, 5.74) is -0.0786. The summed E-state index contributed by atoms with van der Waals surface area (Å²) in [5.74, 6) is -0.0702. The number of fused-ring (bicyclic) bond motifs is 7. The lowest BCUT2D eigenvalue weighted by Crippen LogP contribution is -2.65. The zero-order chi connectivity index (χ0) is 27.2. The van der Waals surface area contributed by atoms with E-state index in [9.17, 15) is 14.4 Å². The molecular weight excluding hydrogens is 462 g/mol. The van der Waals surface area contributed by atoms with Gasteiger partial charge in [-0.2, -0.15) is 0 Å². The molecule has 3 saturated carbocycles.